The standard InChI is InChI=1S/C13H16ClFN4/c1-9(2)16-6-12-8-19(18-17-12)7-10-5-11(15)3-4-13(10)14/h3-5,8-9,16H,6-7H2,1-2H3. The first-order chi connectivity index (χ1) is 9.04. The highest BCUT2D eigenvalue weighted by molar-refractivity contribution is 6.31. The fourth-order valence-corrected chi connectivity index (χ4v) is 1.82. The first kappa shape index (κ1) is 14.0. The Morgan fingerprint density at radius 1 is 1.42 bits per heavy atom. The van der Waals surface area contributed by atoms with Gasteiger partial charge in [-0.3, -0.25) is 0 Å². The summed E-state index contributed by atoms with van der Waals surface area (Å²) in [6.45, 7) is 5.20. The molecule has 4 nitrogen and oxygen atoms in total. The maximum absolute atomic E-state index is 13.2. The molecule has 0 spiro atoms. The minimum Gasteiger partial charge on any atom is -0.309 e. The number of aromatic nitrogens is 3. The molecule has 0 fully saturated rings. The molecule has 1 aromatic heterocycles. The third kappa shape index (κ3) is 4.01. The summed E-state index contributed by atoms with van der Waals surface area (Å²) in [5.41, 5.74) is 1.54. The predicted octanol–water partition coefficient (Wildman–Crippen LogP) is 2.62. The zero-order chi connectivity index (χ0) is 13.8. The molecule has 19 heavy (non-hydrogen) atoms. The third-order valence-corrected chi connectivity index (χ3v) is 2.99. The Kier molecular flexibility index (Phi) is 4.50. The van der Waals surface area contributed by atoms with Crippen LogP contribution in [-0.4, -0.2) is 21.0 Å². The van der Waals surface area contributed by atoms with Gasteiger partial charge in [0.15, 0.2) is 0 Å². The lowest BCUT2D eigenvalue weighted by Gasteiger charge is -2.05. The van der Waals surface area contributed by atoms with Crippen LogP contribution in [0.2, 0.25) is 5.02 Å². The van der Waals surface area contributed by atoms with Crippen LogP contribution >= 0.6 is 11.6 Å². The van der Waals surface area contributed by atoms with E-state index in [0.29, 0.717) is 29.7 Å². The largest absolute Gasteiger partial charge is 0.309 e. The Morgan fingerprint density at radius 3 is 2.95 bits per heavy atom. The lowest BCUT2D eigenvalue weighted by Crippen LogP contribution is -2.21. The Balaban J connectivity index is 2.05. The number of halogens is 2. The second kappa shape index (κ2) is 6.12. The van der Waals surface area contributed by atoms with Crippen LogP contribution in [0.3, 0.4) is 0 Å². The van der Waals surface area contributed by atoms with E-state index >= 15 is 0 Å². The van der Waals surface area contributed by atoms with Gasteiger partial charge in [0.05, 0.1) is 18.4 Å². The molecule has 0 aliphatic heterocycles. The molecule has 2 rings (SSSR count). The maximum atomic E-state index is 13.2. The normalized spacial score (nSPS) is 11.2. The van der Waals surface area contributed by atoms with E-state index in [4.69, 9.17) is 11.6 Å². The highest BCUT2D eigenvalue weighted by atomic mass is 35.5. The lowest BCUT2D eigenvalue weighted by atomic mass is 10.2. The SMILES string of the molecule is CC(C)NCc1cn(Cc2cc(F)ccc2Cl)nn1. The van der Waals surface area contributed by atoms with E-state index in [1.54, 1.807) is 10.7 Å². The van der Waals surface area contributed by atoms with Gasteiger partial charge in [0.25, 0.3) is 0 Å². The molecule has 0 aliphatic rings. The third-order valence-electron chi connectivity index (χ3n) is 2.62. The smallest absolute Gasteiger partial charge is 0.123 e. The Morgan fingerprint density at radius 2 is 2.21 bits per heavy atom. The van der Waals surface area contributed by atoms with E-state index in [1.165, 1.54) is 12.1 Å². The number of benzene rings is 1. The first-order valence-electron chi connectivity index (χ1n) is 6.11. The molecule has 0 radical (unpaired) electrons. The van der Waals surface area contributed by atoms with E-state index in [2.05, 4.69) is 29.5 Å². The highest BCUT2D eigenvalue weighted by Gasteiger charge is 2.06. The van der Waals surface area contributed by atoms with Crippen LogP contribution in [0.25, 0.3) is 0 Å². The summed E-state index contributed by atoms with van der Waals surface area (Å²) >= 11 is 6.02. The van der Waals surface area contributed by atoms with Gasteiger partial charge in [-0.1, -0.05) is 30.7 Å². The topological polar surface area (TPSA) is 42.7 Å². The molecule has 0 saturated carbocycles. The minimum atomic E-state index is -0.304. The van der Waals surface area contributed by atoms with Gasteiger partial charge in [0.2, 0.25) is 0 Å². The van der Waals surface area contributed by atoms with Gasteiger partial charge in [0, 0.05) is 17.6 Å². The molecule has 0 bridgehead atoms. The van der Waals surface area contributed by atoms with Gasteiger partial charge in [-0.05, 0) is 23.8 Å². The van der Waals surface area contributed by atoms with Crippen molar-refractivity contribution in [2.45, 2.75) is 33.0 Å². The summed E-state index contributed by atoms with van der Waals surface area (Å²) in [4.78, 5) is 0. The fourth-order valence-electron chi connectivity index (χ4n) is 1.64. The molecule has 1 aromatic carbocycles. The van der Waals surface area contributed by atoms with Crippen molar-refractivity contribution in [2.24, 2.45) is 0 Å². The average molecular weight is 283 g/mol. The number of hydrogen-bond acceptors (Lipinski definition) is 3. The summed E-state index contributed by atoms with van der Waals surface area (Å²) in [6.07, 6.45) is 1.83. The highest BCUT2D eigenvalue weighted by Crippen LogP contribution is 2.17. The molecule has 1 heterocycles. The Hall–Kier alpha value is -1.46. The number of rotatable bonds is 5. The van der Waals surface area contributed by atoms with Crippen LogP contribution in [0.4, 0.5) is 4.39 Å². The molecule has 102 valence electrons. The van der Waals surface area contributed by atoms with E-state index in [9.17, 15) is 4.39 Å². The summed E-state index contributed by atoms with van der Waals surface area (Å²) in [7, 11) is 0. The second-order valence-corrected chi connectivity index (χ2v) is 5.09. The maximum Gasteiger partial charge on any atom is 0.123 e. The Bertz CT molecular complexity index is 553. The van der Waals surface area contributed by atoms with Crippen molar-refractivity contribution in [3.63, 3.8) is 0 Å². The summed E-state index contributed by atoms with van der Waals surface area (Å²) in [6, 6.07) is 4.69. The predicted molar refractivity (Wildman–Crippen MR) is 72.5 cm³/mol. The van der Waals surface area contributed by atoms with Gasteiger partial charge < -0.3 is 5.32 Å². The second-order valence-electron chi connectivity index (χ2n) is 4.68. The van der Waals surface area contributed by atoms with Crippen LogP contribution in [0, 0.1) is 5.82 Å². The van der Waals surface area contributed by atoms with E-state index in [-0.39, 0.29) is 5.82 Å². The van der Waals surface area contributed by atoms with Crippen LogP contribution < -0.4 is 5.32 Å². The van der Waals surface area contributed by atoms with Gasteiger partial charge in [-0.2, -0.15) is 0 Å². The number of hydrogen-bond donors (Lipinski definition) is 1. The minimum absolute atomic E-state index is 0.304. The van der Waals surface area contributed by atoms with Crippen LogP contribution in [0.15, 0.2) is 24.4 Å². The molecule has 6 heteroatoms. The zero-order valence-electron chi connectivity index (χ0n) is 10.9. The molecule has 0 atom stereocenters. The molecule has 0 unspecified atom stereocenters. The van der Waals surface area contributed by atoms with E-state index < -0.39 is 0 Å². The molecule has 1 N–H and O–H groups in total. The molecule has 0 amide bonds. The van der Waals surface area contributed by atoms with E-state index in [1.807, 2.05) is 6.20 Å². The van der Waals surface area contributed by atoms with Crippen LogP contribution in [0.5, 0.6) is 0 Å². The molecular formula is C13H16ClFN4. The first-order valence-corrected chi connectivity index (χ1v) is 6.48. The van der Waals surface area contributed by atoms with Crippen LogP contribution in [-0.2, 0) is 13.1 Å². The van der Waals surface area contributed by atoms with Crippen molar-refractivity contribution >= 4 is 11.6 Å². The number of nitrogens with zero attached hydrogens (tertiary/aromatic N) is 3. The molecule has 2 aromatic rings. The van der Waals surface area contributed by atoms with Crippen molar-refractivity contribution in [2.75, 3.05) is 0 Å². The molecular weight excluding hydrogens is 267 g/mol. The van der Waals surface area contributed by atoms with Crippen molar-refractivity contribution in [1.29, 1.82) is 0 Å². The Labute approximate surface area is 116 Å². The summed E-state index contributed by atoms with van der Waals surface area (Å²) in [5.74, 6) is -0.304. The quantitative estimate of drug-likeness (QED) is 0.917. The van der Waals surface area contributed by atoms with Crippen molar-refractivity contribution < 1.29 is 4.39 Å². The van der Waals surface area contributed by atoms with Crippen molar-refractivity contribution in [3.8, 4) is 0 Å². The van der Waals surface area contributed by atoms with Gasteiger partial charge in [-0.25, -0.2) is 9.07 Å². The van der Waals surface area contributed by atoms with Gasteiger partial charge in [-0.15, -0.1) is 5.10 Å². The monoisotopic (exact) mass is 282 g/mol. The summed E-state index contributed by atoms with van der Waals surface area (Å²) < 4.78 is 14.8. The number of nitrogens with one attached hydrogen (secondary N) is 1. The average Bonchev–Trinajstić information content (AvgIpc) is 2.79. The van der Waals surface area contributed by atoms with Crippen molar-refractivity contribution in [3.05, 3.63) is 46.5 Å². The van der Waals surface area contributed by atoms with E-state index in [0.717, 1.165) is 5.69 Å². The van der Waals surface area contributed by atoms with Crippen molar-refractivity contribution in [1.82, 2.24) is 20.3 Å². The van der Waals surface area contributed by atoms with Gasteiger partial charge in [0.1, 0.15) is 5.82 Å². The summed E-state index contributed by atoms with van der Waals surface area (Å²) in [5, 5.41) is 11.8. The molecule has 0 saturated heterocycles. The zero-order valence-corrected chi connectivity index (χ0v) is 11.7. The lowest BCUT2D eigenvalue weighted by molar-refractivity contribution is 0.580. The van der Waals surface area contributed by atoms with Gasteiger partial charge >= 0.3 is 0 Å². The molecule has 0 aliphatic carbocycles. The fraction of sp³-hybridized carbons (Fsp3) is 0.385. The van der Waals surface area contributed by atoms with Crippen LogP contribution in [0.1, 0.15) is 25.1 Å².